The normalized spacial score (nSPS) is 11.3. The third-order valence-electron chi connectivity index (χ3n) is 4.09. The molecule has 1 N–H and O–H groups in total. The number of hydrogen-bond donors (Lipinski definition) is 1. The Bertz CT molecular complexity index is 1000. The number of hydrogen-bond acceptors (Lipinski definition) is 5. The van der Waals surface area contributed by atoms with E-state index in [9.17, 15) is 4.79 Å². The molecule has 0 aliphatic carbocycles. The van der Waals surface area contributed by atoms with Gasteiger partial charge in [0.05, 0.1) is 0 Å². The van der Waals surface area contributed by atoms with Crippen LogP contribution in [-0.4, -0.2) is 22.7 Å². The van der Waals surface area contributed by atoms with Gasteiger partial charge in [-0.1, -0.05) is 71.8 Å². The molecule has 0 aliphatic heterocycles. The van der Waals surface area contributed by atoms with Crippen LogP contribution in [0.4, 0.5) is 5.13 Å². The Balaban J connectivity index is 1.58. The first-order chi connectivity index (χ1) is 13.7. The van der Waals surface area contributed by atoms with Gasteiger partial charge in [-0.15, -0.1) is 10.2 Å². The first-order valence-electron chi connectivity index (χ1n) is 9.00. The first kappa shape index (κ1) is 21.7. The standard InChI is InChI=1S/C21H21BrClN3O2S/c1-21(2,3)16-11-14(22)6-9-17(16)28-12-18(27)24-20-26-25-19(29-20)10-13-4-7-15(23)8-5-13/h4-9,11H,10,12H2,1-3H3,(H,24,26,27). The minimum atomic E-state index is -0.276. The number of aromatic nitrogens is 2. The van der Waals surface area contributed by atoms with Gasteiger partial charge in [0.1, 0.15) is 10.8 Å². The summed E-state index contributed by atoms with van der Waals surface area (Å²) >= 11 is 10.7. The van der Waals surface area contributed by atoms with Gasteiger partial charge in [0.15, 0.2) is 6.61 Å². The maximum absolute atomic E-state index is 12.3. The minimum Gasteiger partial charge on any atom is -0.483 e. The van der Waals surface area contributed by atoms with Gasteiger partial charge >= 0.3 is 0 Å². The van der Waals surface area contributed by atoms with Crippen molar-refractivity contribution in [2.75, 3.05) is 11.9 Å². The van der Waals surface area contributed by atoms with Crippen LogP contribution in [0.25, 0.3) is 0 Å². The van der Waals surface area contributed by atoms with Crippen molar-refractivity contribution in [3.05, 3.63) is 68.1 Å². The molecular formula is C21H21BrClN3O2S. The molecule has 0 aliphatic rings. The van der Waals surface area contributed by atoms with Crippen LogP contribution >= 0.6 is 38.9 Å². The van der Waals surface area contributed by atoms with E-state index < -0.39 is 0 Å². The van der Waals surface area contributed by atoms with Crippen molar-refractivity contribution in [2.45, 2.75) is 32.6 Å². The van der Waals surface area contributed by atoms with Gasteiger partial charge < -0.3 is 4.74 Å². The van der Waals surface area contributed by atoms with Crippen LogP contribution < -0.4 is 10.1 Å². The molecule has 152 valence electrons. The van der Waals surface area contributed by atoms with Gasteiger partial charge in [-0.2, -0.15) is 0 Å². The summed E-state index contributed by atoms with van der Waals surface area (Å²) in [6, 6.07) is 13.4. The maximum atomic E-state index is 12.3. The number of rotatable bonds is 6. The topological polar surface area (TPSA) is 64.1 Å². The van der Waals surface area contributed by atoms with E-state index in [0.717, 1.165) is 20.6 Å². The smallest absolute Gasteiger partial charge is 0.264 e. The predicted molar refractivity (Wildman–Crippen MR) is 121 cm³/mol. The summed E-state index contributed by atoms with van der Waals surface area (Å²) < 4.78 is 6.75. The van der Waals surface area contributed by atoms with E-state index in [4.69, 9.17) is 16.3 Å². The van der Waals surface area contributed by atoms with E-state index >= 15 is 0 Å². The van der Waals surface area contributed by atoms with Crippen LogP contribution in [0.5, 0.6) is 5.75 Å². The van der Waals surface area contributed by atoms with Crippen molar-refractivity contribution in [3.63, 3.8) is 0 Å². The molecule has 0 bridgehead atoms. The van der Waals surface area contributed by atoms with Gasteiger partial charge in [-0.25, -0.2) is 0 Å². The molecule has 1 heterocycles. The van der Waals surface area contributed by atoms with E-state index in [0.29, 0.717) is 22.3 Å². The highest BCUT2D eigenvalue weighted by atomic mass is 79.9. The number of amides is 1. The summed E-state index contributed by atoms with van der Waals surface area (Å²) in [5, 5.41) is 12.9. The summed E-state index contributed by atoms with van der Waals surface area (Å²) in [6.45, 7) is 6.21. The number of anilines is 1. The van der Waals surface area contributed by atoms with Crippen LogP contribution in [-0.2, 0) is 16.6 Å². The zero-order chi connectivity index (χ0) is 21.0. The molecule has 29 heavy (non-hydrogen) atoms. The number of benzene rings is 2. The molecule has 3 rings (SSSR count). The van der Waals surface area contributed by atoms with Gasteiger partial charge in [0, 0.05) is 21.5 Å². The fourth-order valence-corrected chi connectivity index (χ4v) is 3.94. The van der Waals surface area contributed by atoms with E-state index in [2.05, 4.69) is 52.2 Å². The molecule has 0 saturated carbocycles. The molecule has 2 aromatic carbocycles. The average molecular weight is 495 g/mol. The molecule has 3 aromatic rings. The predicted octanol–water partition coefficient (Wildman–Crippen LogP) is 5.86. The summed E-state index contributed by atoms with van der Waals surface area (Å²) in [7, 11) is 0. The van der Waals surface area contributed by atoms with Crippen LogP contribution in [0.1, 0.15) is 36.9 Å². The van der Waals surface area contributed by atoms with Crippen LogP contribution in [0, 0.1) is 0 Å². The van der Waals surface area contributed by atoms with E-state index in [-0.39, 0.29) is 17.9 Å². The molecule has 0 saturated heterocycles. The molecule has 8 heteroatoms. The number of nitrogens with zero attached hydrogens (tertiary/aromatic N) is 2. The highest BCUT2D eigenvalue weighted by Gasteiger charge is 2.20. The lowest BCUT2D eigenvalue weighted by Gasteiger charge is -2.23. The highest BCUT2D eigenvalue weighted by molar-refractivity contribution is 9.10. The van der Waals surface area contributed by atoms with Crippen molar-refractivity contribution in [3.8, 4) is 5.75 Å². The summed E-state index contributed by atoms with van der Waals surface area (Å²) in [5.41, 5.74) is 2.00. The second-order valence-corrected chi connectivity index (χ2v) is 9.95. The largest absolute Gasteiger partial charge is 0.483 e. The monoisotopic (exact) mass is 493 g/mol. The van der Waals surface area contributed by atoms with Gasteiger partial charge in [-0.3, -0.25) is 10.1 Å². The molecule has 1 aromatic heterocycles. The van der Waals surface area contributed by atoms with Crippen LogP contribution in [0.3, 0.4) is 0 Å². The Morgan fingerprint density at radius 2 is 1.90 bits per heavy atom. The minimum absolute atomic E-state index is 0.100. The summed E-state index contributed by atoms with van der Waals surface area (Å²) in [6.07, 6.45) is 0.634. The highest BCUT2D eigenvalue weighted by Crippen LogP contribution is 2.33. The van der Waals surface area contributed by atoms with E-state index in [1.54, 1.807) is 0 Å². The van der Waals surface area contributed by atoms with Crippen molar-refractivity contribution in [1.82, 2.24) is 10.2 Å². The molecule has 0 unspecified atom stereocenters. The number of halogens is 2. The Morgan fingerprint density at radius 1 is 1.17 bits per heavy atom. The summed E-state index contributed by atoms with van der Waals surface area (Å²) in [5.74, 6) is 0.415. The molecule has 0 fully saturated rings. The zero-order valence-corrected chi connectivity index (χ0v) is 19.5. The van der Waals surface area contributed by atoms with Gasteiger partial charge in [-0.05, 0) is 41.3 Å². The molecular weight excluding hydrogens is 474 g/mol. The molecule has 0 atom stereocenters. The molecule has 0 spiro atoms. The average Bonchev–Trinajstić information content (AvgIpc) is 3.08. The number of carbonyl (C=O) groups is 1. The third kappa shape index (κ3) is 6.26. The number of carbonyl (C=O) groups excluding carboxylic acids is 1. The summed E-state index contributed by atoms with van der Waals surface area (Å²) in [4.78, 5) is 12.3. The maximum Gasteiger partial charge on any atom is 0.264 e. The van der Waals surface area contributed by atoms with Gasteiger partial charge in [0.2, 0.25) is 5.13 Å². The van der Waals surface area contributed by atoms with Gasteiger partial charge in [0.25, 0.3) is 5.91 Å². The Kier molecular flexibility index (Phi) is 6.93. The Labute approximate surface area is 187 Å². The molecule has 5 nitrogen and oxygen atoms in total. The first-order valence-corrected chi connectivity index (χ1v) is 11.0. The lowest BCUT2D eigenvalue weighted by molar-refractivity contribution is -0.118. The SMILES string of the molecule is CC(C)(C)c1cc(Br)ccc1OCC(=O)Nc1nnc(Cc2ccc(Cl)cc2)s1. The van der Waals surface area contributed by atoms with Crippen molar-refractivity contribution < 1.29 is 9.53 Å². The third-order valence-corrected chi connectivity index (χ3v) is 5.67. The second-order valence-electron chi connectivity index (χ2n) is 7.53. The Hall–Kier alpha value is -1.96. The number of nitrogens with one attached hydrogen (secondary N) is 1. The fourth-order valence-electron chi connectivity index (χ4n) is 2.67. The second kappa shape index (κ2) is 9.24. The van der Waals surface area contributed by atoms with Crippen molar-refractivity contribution >= 4 is 49.9 Å². The molecule has 0 radical (unpaired) electrons. The van der Waals surface area contributed by atoms with Crippen LogP contribution in [0.15, 0.2) is 46.9 Å². The quantitative estimate of drug-likeness (QED) is 0.466. The zero-order valence-electron chi connectivity index (χ0n) is 16.3. The molecule has 1 amide bonds. The van der Waals surface area contributed by atoms with E-state index in [1.165, 1.54) is 11.3 Å². The number of ether oxygens (including phenoxy) is 1. The lowest BCUT2D eigenvalue weighted by Crippen LogP contribution is -2.22. The van der Waals surface area contributed by atoms with Crippen molar-refractivity contribution in [2.24, 2.45) is 0 Å². The lowest BCUT2D eigenvalue weighted by atomic mass is 9.86. The van der Waals surface area contributed by atoms with Crippen LogP contribution in [0.2, 0.25) is 5.02 Å². The van der Waals surface area contributed by atoms with E-state index in [1.807, 2.05) is 42.5 Å². The fraction of sp³-hybridized carbons (Fsp3) is 0.286. The van der Waals surface area contributed by atoms with Crippen molar-refractivity contribution in [1.29, 1.82) is 0 Å². The Morgan fingerprint density at radius 3 is 2.59 bits per heavy atom.